The van der Waals surface area contributed by atoms with Gasteiger partial charge >= 0.3 is 0 Å². The minimum absolute atomic E-state index is 0.556. The highest BCUT2D eigenvalue weighted by molar-refractivity contribution is 5.69. The zero-order valence-corrected chi connectivity index (χ0v) is 8.70. The van der Waals surface area contributed by atoms with Crippen molar-refractivity contribution in [3.05, 3.63) is 23.4 Å². The molecule has 0 atom stereocenters. The van der Waals surface area contributed by atoms with Crippen LogP contribution in [0.15, 0.2) is 6.20 Å². The van der Waals surface area contributed by atoms with Gasteiger partial charge in [-0.3, -0.25) is 4.40 Å². The lowest BCUT2D eigenvalue weighted by molar-refractivity contribution is 0.914. The number of fused-ring (bicyclic) bond motifs is 1. The van der Waals surface area contributed by atoms with E-state index in [0.717, 1.165) is 29.1 Å². The lowest BCUT2D eigenvalue weighted by atomic mass is 10.3. The molecular formula is C10H14N4. The number of nitrogen functional groups attached to an aromatic ring is 1. The highest BCUT2D eigenvalue weighted by Crippen LogP contribution is 2.19. The van der Waals surface area contributed by atoms with E-state index in [1.807, 2.05) is 20.0 Å². The molecule has 2 rings (SSSR count). The number of aryl methyl sites for hydroxylation is 3. The number of nitrogens with two attached hydrogens (primary N) is 1. The summed E-state index contributed by atoms with van der Waals surface area (Å²) in [6, 6.07) is 0. The van der Waals surface area contributed by atoms with Gasteiger partial charge in [-0.1, -0.05) is 6.92 Å². The van der Waals surface area contributed by atoms with Crippen molar-refractivity contribution < 1.29 is 0 Å². The Morgan fingerprint density at radius 3 is 2.79 bits per heavy atom. The third-order valence-corrected chi connectivity index (χ3v) is 2.46. The number of imidazole rings is 1. The zero-order chi connectivity index (χ0) is 10.3. The Labute approximate surface area is 82.8 Å². The van der Waals surface area contributed by atoms with Gasteiger partial charge in [0, 0.05) is 11.9 Å². The Morgan fingerprint density at radius 1 is 1.43 bits per heavy atom. The predicted molar refractivity (Wildman–Crippen MR) is 56.3 cm³/mol. The first-order chi connectivity index (χ1) is 6.65. The largest absolute Gasteiger partial charge is 0.382 e. The zero-order valence-electron chi connectivity index (χ0n) is 8.70. The summed E-state index contributed by atoms with van der Waals surface area (Å²) in [7, 11) is 0. The molecule has 0 bridgehead atoms. The molecule has 0 amide bonds. The third-order valence-electron chi connectivity index (χ3n) is 2.46. The van der Waals surface area contributed by atoms with Crippen molar-refractivity contribution >= 4 is 11.3 Å². The average molecular weight is 190 g/mol. The maximum Gasteiger partial charge on any atom is 0.149 e. The molecule has 4 heteroatoms. The maximum atomic E-state index is 5.82. The SMILES string of the molecule is CCc1cnc(N)c2c(C)nc(C)n12. The van der Waals surface area contributed by atoms with E-state index in [2.05, 4.69) is 21.3 Å². The van der Waals surface area contributed by atoms with Crippen molar-refractivity contribution in [3.8, 4) is 0 Å². The van der Waals surface area contributed by atoms with Gasteiger partial charge in [0.25, 0.3) is 0 Å². The van der Waals surface area contributed by atoms with Crippen LogP contribution >= 0.6 is 0 Å². The molecule has 0 unspecified atom stereocenters. The van der Waals surface area contributed by atoms with E-state index >= 15 is 0 Å². The first-order valence-electron chi connectivity index (χ1n) is 4.74. The van der Waals surface area contributed by atoms with Crippen molar-refractivity contribution in [1.29, 1.82) is 0 Å². The smallest absolute Gasteiger partial charge is 0.149 e. The summed E-state index contributed by atoms with van der Waals surface area (Å²) in [6.45, 7) is 6.04. The fourth-order valence-corrected chi connectivity index (χ4v) is 1.83. The van der Waals surface area contributed by atoms with Crippen LogP contribution in [-0.4, -0.2) is 14.4 Å². The second-order valence-corrected chi connectivity index (χ2v) is 3.42. The van der Waals surface area contributed by atoms with E-state index in [4.69, 9.17) is 5.73 Å². The third kappa shape index (κ3) is 1.07. The van der Waals surface area contributed by atoms with Crippen LogP contribution < -0.4 is 5.73 Å². The standard InChI is InChI=1S/C10H14N4/c1-4-8-5-12-10(11)9-6(2)13-7(3)14(8)9/h5H,4H2,1-3H3,(H2,11,12). The maximum absolute atomic E-state index is 5.82. The van der Waals surface area contributed by atoms with Crippen molar-refractivity contribution in [2.45, 2.75) is 27.2 Å². The number of anilines is 1. The molecule has 0 aliphatic heterocycles. The van der Waals surface area contributed by atoms with E-state index in [-0.39, 0.29) is 0 Å². The first-order valence-corrected chi connectivity index (χ1v) is 4.74. The summed E-state index contributed by atoms with van der Waals surface area (Å²) < 4.78 is 2.08. The van der Waals surface area contributed by atoms with Crippen LogP contribution in [0.4, 0.5) is 5.82 Å². The van der Waals surface area contributed by atoms with Gasteiger partial charge in [-0.2, -0.15) is 0 Å². The van der Waals surface area contributed by atoms with Crippen LogP contribution in [0.3, 0.4) is 0 Å². The second kappa shape index (κ2) is 2.97. The molecule has 0 fully saturated rings. The molecule has 4 nitrogen and oxygen atoms in total. The van der Waals surface area contributed by atoms with Gasteiger partial charge in [-0.15, -0.1) is 0 Å². The van der Waals surface area contributed by atoms with Gasteiger partial charge in [0.2, 0.25) is 0 Å². The summed E-state index contributed by atoms with van der Waals surface area (Å²) in [5.74, 6) is 1.53. The lowest BCUT2D eigenvalue weighted by Crippen LogP contribution is -2.02. The van der Waals surface area contributed by atoms with Gasteiger partial charge in [0.15, 0.2) is 0 Å². The van der Waals surface area contributed by atoms with Crippen molar-refractivity contribution in [2.75, 3.05) is 5.73 Å². The first kappa shape index (κ1) is 8.99. The Morgan fingerprint density at radius 2 is 2.14 bits per heavy atom. The van der Waals surface area contributed by atoms with Crippen LogP contribution in [0.2, 0.25) is 0 Å². The Hall–Kier alpha value is -1.58. The molecule has 2 heterocycles. The topological polar surface area (TPSA) is 56.2 Å². The normalized spacial score (nSPS) is 11.1. The summed E-state index contributed by atoms with van der Waals surface area (Å²) in [4.78, 5) is 8.57. The molecule has 0 aromatic carbocycles. The molecule has 2 aromatic rings. The lowest BCUT2D eigenvalue weighted by Gasteiger charge is -2.05. The summed E-state index contributed by atoms with van der Waals surface area (Å²) in [5, 5.41) is 0. The second-order valence-electron chi connectivity index (χ2n) is 3.42. The summed E-state index contributed by atoms with van der Waals surface area (Å²) in [6.07, 6.45) is 2.75. The van der Waals surface area contributed by atoms with E-state index in [1.165, 1.54) is 0 Å². The molecule has 0 spiro atoms. The van der Waals surface area contributed by atoms with Gasteiger partial charge < -0.3 is 5.73 Å². The van der Waals surface area contributed by atoms with E-state index in [9.17, 15) is 0 Å². The van der Waals surface area contributed by atoms with Crippen LogP contribution in [0.1, 0.15) is 24.1 Å². The van der Waals surface area contributed by atoms with Crippen LogP contribution in [0.25, 0.3) is 5.52 Å². The van der Waals surface area contributed by atoms with E-state index in [1.54, 1.807) is 0 Å². The number of rotatable bonds is 1. The fraction of sp³-hybridized carbons (Fsp3) is 0.400. The van der Waals surface area contributed by atoms with Gasteiger partial charge in [-0.05, 0) is 20.3 Å². The van der Waals surface area contributed by atoms with Gasteiger partial charge in [-0.25, -0.2) is 9.97 Å². The molecule has 14 heavy (non-hydrogen) atoms. The summed E-state index contributed by atoms with van der Waals surface area (Å²) in [5.41, 5.74) is 8.86. The minimum Gasteiger partial charge on any atom is -0.382 e. The van der Waals surface area contributed by atoms with Crippen molar-refractivity contribution in [1.82, 2.24) is 14.4 Å². The molecule has 2 N–H and O–H groups in total. The molecular weight excluding hydrogens is 176 g/mol. The predicted octanol–water partition coefficient (Wildman–Crippen LogP) is 1.49. The fourth-order valence-electron chi connectivity index (χ4n) is 1.83. The number of hydrogen-bond acceptors (Lipinski definition) is 3. The van der Waals surface area contributed by atoms with Crippen LogP contribution in [-0.2, 0) is 6.42 Å². The Kier molecular flexibility index (Phi) is 1.91. The molecule has 2 aromatic heterocycles. The molecule has 0 aliphatic carbocycles. The van der Waals surface area contributed by atoms with Gasteiger partial charge in [0.05, 0.1) is 5.69 Å². The highest BCUT2D eigenvalue weighted by Gasteiger charge is 2.10. The molecule has 74 valence electrons. The Balaban J connectivity index is 2.94. The molecule has 0 saturated heterocycles. The summed E-state index contributed by atoms with van der Waals surface area (Å²) >= 11 is 0. The molecule has 0 radical (unpaired) electrons. The minimum atomic E-state index is 0.556. The van der Waals surface area contributed by atoms with Crippen molar-refractivity contribution in [3.63, 3.8) is 0 Å². The monoisotopic (exact) mass is 190 g/mol. The highest BCUT2D eigenvalue weighted by atomic mass is 15.1. The Bertz CT molecular complexity index is 484. The van der Waals surface area contributed by atoms with E-state index < -0.39 is 0 Å². The quantitative estimate of drug-likeness (QED) is 0.741. The molecule has 0 aliphatic rings. The van der Waals surface area contributed by atoms with Gasteiger partial charge in [0.1, 0.15) is 17.2 Å². The average Bonchev–Trinajstić information content (AvgIpc) is 2.44. The number of hydrogen-bond donors (Lipinski definition) is 1. The van der Waals surface area contributed by atoms with Crippen molar-refractivity contribution in [2.24, 2.45) is 0 Å². The molecule has 0 saturated carbocycles. The number of nitrogens with zero attached hydrogens (tertiary/aromatic N) is 3. The van der Waals surface area contributed by atoms with Crippen LogP contribution in [0, 0.1) is 13.8 Å². The van der Waals surface area contributed by atoms with E-state index in [0.29, 0.717) is 5.82 Å². The number of aromatic nitrogens is 3. The van der Waals surface area contributed by atoms with Crippen LogP contribution in [0.5, 0.6) is 0 Å².